The molecule has 1 saturated carbocycles. The number of carbonyl (C=O) groups excluding carboxylic acids is 1. The van der Waals surface area contributed by atoms with Gasteiger partial charge in [0.2, 0.25) is 5.91 Å². The number of halogens is 3. The van der Waals surface area contributed by atoms with Crippen LogP contribution < -0.4 is 5.32 Å². The first-order valence-corrected chi connectivity index (χ1v) is 11.8. The van der Waals surface area contributed by atoms with Crippen molar-refractivity contribution in [2.45, 2.75) is 69.1 Å². The molecular weight excluding hydrogens is 437 g/mol. The van der Waals surface area contributed by atoms with Crippen molar-refractivity contribution >= 4 is 5.91 Å². The van der Waals surface area contributed by atoms with Gasteiger partial charge >= 0.3 is 6.18 Å². The number of rotatable bonds is 4. The molecular formula is C24H31F3N2O4. The Labute approximate surface area is 191 Å². The van der Waals surface area contributed by atoms with Crippen LogP contribution in [0, 0.1) is 5.41 Å². The zero-order chi connectivity index (χ0) is 23.2. The van der Waals surface area contributed by atoms with E-state index in [1.54, 1.807) is 18.1 Å². The Morgan fingerprint density at radius 1 is 1.27 bits per heavy atom. The van der Waals surface area contributed by atoms with Gasteiger partial charge in [-0.3, -0.25) is 4.79 Å². The lowest BCUT2D eigenvalue weighted by atomic mass is 9.80. The number of nitrogens with zero attached hydrogens (tertiary/aromatic N) is 1. The fourth-order valence-electron chi connectivity index (χ4n) is 6.13. The molecule has 5 rings (SSSR count). The summed E-state index contributed by atoms with van der Waals surface area (Å²) in [5, 5.41) is 3.69. The summed E-state index contributed by atoms with van der Waals surface area (Å²) in [5.41, 5.74) is 0.212. The molecule has 1 aromatic carbocycles. The monoisotopic (exact) mass is 468 g/mol. The third kappa shape index (κ3) is 4.29. The lowest BCUT2D eigenvalue weighted by molar-refractivity contribution is -0.145. The van der Waals surface area contributed by atoms with Crippen molar-refractivity contribution in [3.8, 4) is 0 Å². The Morgan fingerprint density at radius 2 is 2.12 bits per heavy atom. The van der Waals surface area contributed by atoms with E-state index in [1.165, 1.54) is 6.07 Å². The molecule has 5 atom stereocenters. The molecule has 2 unspecified atom stereocenters. The van der Waals surface area contributed by atoms with Gasteiger partial charge in [0, 0.05) is 45.5 Å². The van der Waals surface area contributed by atoms with Gasteiger partial charge < -0.3 is 24.4 Å². The molecule has 2 saturated heterocycles. The summed E-state index contributed by atoms with van der Waals surface area (Å²) in [5.74, 6) is 0.0210. The van der Waals surface area contributed by atoms with Crippen LogP contribution in [-0.2, 0) is 38.1 Å². The lowest BCUT2D eigenvalue weighted by Crippen LogP contribution is -2.51. The summed E-state index contributed by atoms with van der Waals surface area (Å²) in [4.78, 5) is 15.6. The molecule has 6 nitrogen and oxygen atoms in total. The Morgan fingerprint density at radius 3 is 2.91 bits per heavy atom. The van der Waals surface area contributed by atoms with Crippen LogP contribution >= 0.6 is 0 Å². The third-order valence-corrected chi connectivity index (χ3v) is 7.91. The molecule has 3 fully saturated rings. The number of benzene rings is 1. The average molecular weight is 469 g/mol. The number of hydrogen-bond donors (Lipinski definition) is 1. The highest BCUT2D eigenvalue weighted by molar-refractivity contribution is 5.84. The predicted molar refractivity (Wildman–Crippen MR) is 114 cm³/mol. The molecule has 3 heterocycles. The van der Waals surface area contributed by atoms with E-state index in [0.29, 0.717) is 51.2 Å². The molecule has 0 radical (unpaired) electrons. The summed E-state index contributed by atoms with van der Waals surface area (Å²) in [7, 11) is 1.68. The van der Waals surface area contributed by atoms with Crippen LogP contribution in [0.15, 0.2) is 18.2 Å². The Hall–Kier alpha value is -1.68. The van der Waals surface area contributed by atoms with Crippen LogP contribution in [0.1, 0.15) is 42.4 Å². The fraction of sp³-hybridized carbons (Fsp3) is 0.708. The summed E-state index contributed by atoms with van der Waals surface area (Å²) >= 11 is 0. The second kappa shape index (κ2) is 8.83. The predicted octanol–water partition coefficient (Wildman–Crippen LogP) is 2.92. The standard InChI is InChI=1S/C24H31F3N2O4/c1-31-20-14-32-8-5-19(20)28-18-11-21-23(12-18,6-9-33-21)22(30)29-7-4-15-2-3-17(24(25,26)27)10-16(15)13-29/h2-3,10,18-21,28H,4-9,11-14H2,1H3/t18-,19?,20?,21-,23-/m1/s1. The van der Waals surface area contributed by atoms with Gasteiger partial charge in [0.15, 0.2) is 0 Å². The maximum Gasteiger partial charge on any atom is 0.416 e. The van der Waals surface area contributed by atoms with Gasteiger partial charge in [0.1, 0.15) is 0 Å². The fourth-order valence-corrected chi connectivity index (χ4v) is 6.13. The molecule has 3 aliphatic heterocycles. The quantitative estimate of drug-likeness (QED) is 0.737. The van der Waals surface area contributed by atoms with Crippen molar-refractivity contribution in [1.82, 2.24) is 10.2 Å². The third-order valence-electron chi connectivity index (χ3n) is 7.91. The minimum absolute atomic E-state index is 0.0202. The largest absolute Gasteiger partial charge is 0.416 e. The van der Waals surface area contributed by atoms with E-state index in [-0.39, 0.29) is 36.7 Å². The second-order valence-corrected chi connectivity index (χ2v) is 9.77. The highest BCUT2D eigenvalue weighted by atomic mass is 19.4. The molecule has 0 bridgehead atoms. The first kappa shape index (κ1) is 23.1. The van der Waals surface area contributed by atoms with Crippen molar-refractivity contribution < 1.29 is 32.2 Å². The number of fused-ring (bicyclic) bond motifs is 2. The van der Waals surface area contributed by atoms with Gasteiger partial charge in [0.05, 0.1) is 29.8 Å². The SMILES string of the molecule is COC1COCCC1N[C@@H]1C[C@H]2OCC[C@@]2(C(=O)N2CCc3ccc(C(F)(F)F)cc3C2)C1. The number of hydrogen-bond acceptors (Lipinski definition) is 5. The van der Waals surface area contributed by atoms with Crippen LogP contribution in [0.2, 0.25) is 0 Å². The van der Waals surface area contributed by atoms with Crippen LogP contribution in [0.3, 0.4) is 0 Å². The summed E-state index contributed by atoms with van der Waals surface area (Å²) in [6.45, 7) is 2.52. The molecule has 4 aliphatic rings. The van der Waals surface area contributed by atoms with Crippen molar-refractivity contribution in [3.63, 3.8) is 0 Å². The van der Waals surface area contributed by atoms with Gasteiger partial charge in [-0.25, -0.2) is 0 Å². The second-order valence-electron chi connectivity index (χ2n) is 9.77. The summed E-state index contributed by atoms with van der Waals surface area (Å²) in [6, 6.07) is 4.18. The zero-order valence-corrected chi connectivity index (χ0v) is 18.8. The topological polar surface area (TPSA) is 60.0 Å². The van der Waals surface area contributed by atoms with Gasteiger partial charge in [-0.05, 0) is 55.4 Å². The summed E-state index contributed by atoms with van der Waals surface area (Å²) in [6.07, 6.45) is -1.06. The zero-order valence-electron chi connectivity index (χ0n) is 18.8. The maximum absolute atomic E-state index is 13.8. The molecule has 182 valence electrons. The average Bonchev–Trinajstić information content (AvgIpc) is 3.35. The van der Waals surface area contributed by atoms with Gasteiger partial charge in [-0.15, -0.1) is 0 Å². The maximum atomic E-state index is 13.8. The number of amides is 1. The van der Waals surface area contributed by atoms with E-state index < -0.39 is 17.2 Å². The molecule has 33 heavy (non-hydrogen) atoms. The van der Waals surface area contributed by atoms with Crippen molar-refractivity contribution in [1.29, 1.82) is 0 Å². The first-order valence-electron chi connectivity index (χ1n) is 11.8. The van der Waals surface area contributed by atoms with Gasteiger partial charge in [0.25, 0.3) is 0 Å². The van der Waals surface area contributed by atoms with Gasteiger partial charge in [-0.1, -0.05) is 6.07 Å². The number of ether oxygens (including phenoxy) is 3. The van der Waals surface area contributed by atoms with Crippen LogP contribution in [0.5, 0.6) is 0 Å². The van der Waals surface area contributed by atoms with Crippen LogP contribution in [0.4, 0.5) is 13.2 Å². The van der Waals surface area contributed by atoms with Crippen molar-refractivity contribution in [2.24, 2.45) is 5.41 Å². The molecule has 0 spiro atoms. The molecule has 1 N–H and O–H groups in total. The van der Waals surface area contributed by atoms with E-state index >= 15 is 0 Å². The van der Waals surface area contributed by atoms with Gasteiger partial charge in [-0.2, -0.15) is 13.2 Å². The number of nitrogens with one attached hydrogen (secondary N) is 1. The minimum Gasteiger partial charge on any atom is -0.379 e. The molecule has 9 heteroatoms. The highest BCUT2D eigenvalue weighted by Crippen LogP contribution is 2.49. The van der Waals surface area contributed by atoms with E-state index in [9.17, 15) is 18.0 Å². The van der Waals surface area contributed by atoms with Crippen LogP contribution in [-0.4, -0.2) is 68.6 Å². The number of carbonyl (C=O) groups is 1. The molecule has 1 amide bonds. The molecule has 0 aromatic heterocycles. The Bertz CT molecular complexity index is 895. The Balaban J connectivity index is 1.31. The first-order chi connectivity index (χ1) is 15.8. The number of alkyl halides is 3. The van der Waals surface area contributed by atoms with E-state index in [4.69, 9.17) is 14.2 Å². The van der Waals surface area contributed by atoms with E-state index in [1.807, 2.05) is 0 Å². The highest BCUT2D eigenvalue weighted by Gasteiger charge is 2.58. The molecule has 1 aliphatic carbocycles. The lowest BCUT2D eigenvalue weighted by Gasteiger charge is -2.37. The summed E-state index contributed by atoms with van der Waals surface area (Å²) < 4.78 is 56.7. The van der Waals surface area contributed by atoms with E-state index in [2.05, 4.69) is 5.32 Å². The Kier molecular flexibility index (Phi) is 6.18. The van der Waals surface area contributed by atoms with Crippen LogP contribution in [0.25, 0.3) is 0 Å². The van der Waals surface area contributed by atoms with E-state index in [0.717, 1.165) is 24.5 Å². The number of methoxy groups -OCH3 is 1. The molecule has 1 aromatic rings. The van der Waals surface area contributed by atoms with Crippen molar-refractivity contribution in [2.75, 3.05) is 33.5 Å². The van der Waals surface area contributed by atoms with Crippen molar-refractivity contribution in [3.05, 3.63) is 34.9 Å². The normalized spacial score (nSPS) is 34.2. The minimum atomic E-state index is -4.39. The smallest absolute Gasteiger partial charge is 0.379 e.